The highest BCUT2D eigenvalue weighted by Gasteiger charge is 2.25. The zero-order valence-electron chi connectivity index (χ0n) is 15.3. The van der Waals surface area contributed by atoms with Crippen molar-refractivity contribution in [3.63, 3.8) is 0 Å². The molecule has 0 atom stereocenters. The van der Waals surface area contributed by atoms with Crippen LogP contribution in [0.4, 0.5) is 0 Å². The van der Waals surface area contributed by atoms with E-state index in [1.54, 1.807) is 7.11 Å². The number of aromatic amines is 2. The second-order valence-electron chi connectivity index (χ2n) is 6.73. The van der Waals surface area contributed by atoms with Gasteiger partial charge in [-0.1, -0.05) is 12.1 Å². The van der Waals surface area contributed by atoms with E-state index in [9.17, 15) is 14.4 Å². The van der Waals surface area contributed by atoms with Crippen molar-refractivity contribution in [2.24, 2.45) is 5.92 Å². The van der Waals surface area contributed by atoms with Gasteiger partial charge in [-0.05, 0) is 43.6 Å². The van der Waals surface area contributed by atoms with E-state index in [1.807, 2.05) is 24.3 Å². The van der Waals surface area contributed by atoms with Crippen LogP contribution in [0, 0.1) is 5.92 Å². The Labute approximate surface area is 156 Å². The SMILES string of the molecule is COc1ccc(CNC(=O)C2CCN(Cc3cc(=O)[nH]c(=O)[nH]3)CC2)cc1. The van der Waals surface area contributed by atoms with Crippen molar-refractivity contribution in [2.75, 3.05) is 20.2 Å². The molecule has 0 bridgehead atoms. The number of aromatic nitrogens is 2. The van der Waals surface area contributed by atoms with Crippen molar-refractivity contribution >= 4 is 5.91 Å². The molecule has 1 amide bonds. The molecule has 1 aliphatic heterocycles. The van der Waals surface area contributed by atoms with Gasteiger partial charge in [-0.25, -0.2) is 4.79 Å². The molecule has 8 heteroatoms. The van der Waals surface area contributed by atoms with Crippen LogP contribution in [0.1, 0.15) is 24.1 Å². The molecule has 0 unspecified atom stereocenters. The van der Waals surface area contributed by atoms with Gasteiger partial charge < -0.3 is 15.0 Å². The second kappa shape index (κ2) is 8.68. The average Bonchev–Trinajstić information content (AvgIpc) is 2.66. The molecule has 1 aromatic carbocycles. The number of methoxy groups -OCH3 is 1. The van der Waals surface area contributed by atoms with Crippen molar-refractivity contribution in [1.29, 1.82) is 0 Å². The summed E-state index contributed by atoms with van der Waals surface area (Å²) in [6.07, 6.45) is 1.50. The molecule has 3 N–H and O–H groups in total. The van der Waals surface area contributed by atoms with Crippen LogP contribution in [0.5, 0.6) is 5.75 Å². The number of nitrogens with one attached hydrogen (secondary N) is 3. The van der Waals surface area contributed by atoms with E-state index in [0.29, 0.717) is 18.8 Å². The van der Waals surface area contributed by atoms with E-state index >= 15 is 0 Å². The predicted octanol–water partition coefficient (Wildman–Crippen LogP) is 0.600. The number of hydrogen-bond donors (Lipinski definition) is 3. The van der Waals surface area contributed by atoms with Crippen molar-refractivity contribution in [3.8, 4) is 5.75 Å². The predicted molar refractivity (Wildman–Crippen MR) is 101 cm³/mol. The zero-order chi connectivity index (χ0) is 19.2. The standard InChI is InChI=1S/C19H24N4O4/c1-27-16-4-2-13(3-5-16)11-20-18(25)14-6-8-23(9-7-14)12-15-10-17(24)22-19(26)21-15/h2-5,10,14H,6-9,11-12H2,1H3,(H,20,25)(H2,21,22,24,26). The molecule has 0 aliphatic carbocycles. The number of piperidine rings is 1. The molecule has 144 valence electrons. The van der Waals surface area contributed by atoms with E-state index in [-0.39, 0.29) is 11.8 Å². The molecule has 2 aromatic rings. The lowest BCUT2D eigenvalue weighted by Gasteiger charge is -2.31. The van der Waals surface area contributed by atoms with Gasteiger partial charge in [0.15, 0.2) is 0 Å². The number of carbonyl (C=O) groups excluding carboxylic acids is 1. The highest BCUT2D eigenvalue weighted by molar-refractivity contribution is 5.78. The van der Waals surface area contributed by atoms with Crippen LogP contribution in [-0.4, -0.2) is 41.0 Å². The van der Waals surface area contributed by atoms with Crippen LogP contribution < -0.4 is 21.3 Å². The van der Waals surface area contributed by atoms with Gasteiger partial charge in [-0.2, -0.15) is 0 Å². The Morgan fingerprint density at radius 2 is 1.89 bits per heavy atom. The Morgan fingerprint density at radius 3 is 2.52 bits per heavy atom. The van der Waals surface area contributed by atoms with Gasteiger partial charge in [-0.3, -0.25) is 19.5 Å². The number of likely N-dealkylation sites (tertiary alicyclic amines) is 1. The lowest BCUT2D eigenvalue weighted by atomic mass is 9.95. The van der Waals surface area contributed by atoms with Gasteiger partial charge in [0.1, 0.15) is 5.75 Å². The third kappa shape index (κ3) is 5.30. The lowest BCUT2D eigenvalue weighted by Crippen LogP contribution is -2.40. The molecular formula is C19H24N4O4. The molecule has 1 fully saturated rings. The molecule has 3 rings (SSSR count). The first-order valence-electron chi connectivity index (χ1n) is 8.99. The summed E-state index contributed by atoms with van der Waals surface area (Å²) < 4.78 is 5.12. The van der Waals surface area contributed by atoms with Crippen LogP contribution in [0.15, 0.2) is 39.9 Å². The summed E-state index contributed by atoms with van der Waals surface area (Å²) in [6, 6.07) is 9.01. The monoisotopic (exact) mass is 372 g/mol. The Morgan fingerprint density at radius 1 is 1.19 bits per heavy atom. The van der Waals surface area contributed by atoms with Crippen LogP contribution in [0.2, 0.25) is 0 Å². The van der Waals surface area contributed by atoms with Gasteiger partial charge in [0.05, 0.1) is 7.11 Å². The van der Waals surface area contributed by atoms with Gasteiger partial charge in [0.2, 0.25) is 5.91 Å². The molecule has 1 saturated heterocycles. The van der Waals surface area contributed by atoms with E-state index in [4.69, 9.17) is 4.74 Å². The van der Waals surface area contributed by atoms with Crippen molar-refractivity contribution in [1.82, 2.24) is 20.2 Å². The number of rotatable bonds is 6. The number of benzene rings is 1. The molecule has 0 radical (unpaired) electrons. The molecule has 27 heavy (non-hydrogen) atoms. The van der Waals surface area contributed by atoms with Gasteiger partial charge in [0, 0.05) is 30.8 Å². The Kier molecular flexibility index (Phi) is 6.08. The molecule has 8 nitrogen and oxygen atoms in total. The number of nitrogens with zero attached hydrogens (tertiary/aromatic N) is 1. The van der Waals surface area contributed by atoms with Crippen LogP contribution in [0.3, 0.4) is 0 Å². The normalized spacial score (nSPS) is 15.4. The minimum absolute atomic E-state index is 0.0160. The van der Waals surface area contributed by atoms with Gasteiger partial charge >= 0.3 is 5.69 Å². The first-order chi connectivity index (χ1) is 13.0. The molecule has 2 heterocycles. The maximum Gasteiger partial charge on any atom is 0.325 e. The second-order valence-corrected chi connectivity index (χ2v) is 6.73. The van der Waals surface area contributed by atoms with E-state index in [0.717, 1.165) is 37.2 Å². The fourth-order valence-corrected chi connectivity index (χ4v) is 3.28. The third-order valence-corrected chi connectivity index (χ3v) is 4.79. The molecular weight excluding hydrogens is 348 g/mol. The largest absolute Gasteiger partial charge is 0.497 e. The van der Waals surface area contributed by atoms with Gasteiger partial charge in [-0.15, -0.1) is 0 Å². The van der Waals surface area contributed by atoms with Crippen molar-refractivity contribution in [3.05, 3.63) is 62.4 Å². The number of hydrogen-bond acceptors (Lipinski definition) is 5. The van der Waals surface area contributed by atoms with Crippen molar-refractivity contribution in [2.45, 2.75) is 25.9 Å². The summed E-state index contributed by atoms with van der Waals surface area (Å²) in [4.78, 5) is 42.0. The number of amides is 1. The smallest absolute Gasteiger partial charge is 0.325 e. The molecule has 1 aromatic heterocycles. The lowest BCUT2D eigenvalue weighted by molar-refractivity contribution is -0.126. The summed E-state index contributed by atoms with van der Waals surface area (Å²) in [5.41, 5.74) is 0.720. The van der Waals surface area contributed by atoms with Crippen LogP contribution >= 0.6 is 0 Å². The quantitative estimate of drug-likeness (QED) is 0.688. The number of H-pyrrole nitrogens is 2. The zero-order valence-corrected chi connectivity index (χ0v) is 15.3. The summed E-state index contributed by atoms with van der Waals surface area (Å²) in [5.74, 6) is 0.840. The van der Waals surface area contributed by atoms with Crippen LogP contribution in [-0.2, 0) is 17.9 Å². The minimum Gasteiger partial charge on any atom is -0.497 e. The third-order valence-electron chi connectivity index (χ3n) is 4.79. The first-order valence-corrected chi connectivity index (χ1v) is 8.99. The Balaban J connectivity index is 1.45. The van der Waals surface area contributed by atoms with E-state index < -0.39 is 11.2 Å². The van der Waals surface area contributed by atoms with E-state index in [2.05, 4.69) is 20.2 Å². The number of ether oxygens (including phenoxy) is 1. The maximum absolute atomic E-state index is 12.4. The molecule has 1 aliphatic rings. The summed E-state index contributed by atoms with van der Waals surface area (Å²) in [6.45, 7) is 2.49. The average molecular weight is 372 g/mol. The minimum atomic E-state index is -0.495. The van der Waals surface area contributed by atoms with Crippen molar-refractivity contribution < 1.29 is 9.53 Å². The molecule has 0 saturated carbocycles. The highest BCUT2D eigenvalue weighted by Crippen LogP contribution is 2.19. The maximum atomic E-state index is 12.4. The Hall–Kier alpha value is -2.87. The summed E-state index contributed by atoms with van der Waals surface area (Å²) in [7, 11) is 1.62. The van der Waals surface area contributed by atoms with E-state index in [1.165, 1.54) is 6.07 Å². The Bertz CT molecular complexity index is 851. The van der Waals surface area contributed by atoms with Gasteiger partial charge in [0.25, 0.3) is 5.56 Å². The number of carbonyl (C=O) groups is 1. The summed E-state index contributed by atoms with van der Waals surface area (Å²) in [5, 5.41) is 2.99. The fraction of sp³-hybridized carbons (Fsp3) is 0.421. The topological polar surface area (TPSA) is 107 Å². The summed E-state index contributed by atoms with van der Waals surface area (Å²) >= 11 is 0. The fourth-order valence-electron chi connectivity index (χ4n) is 3.28. The van der Waals surface area contributed by atoms with Crippen LogP contribution in [0.25, 0.3) is 0 Å². The molecule has 0 spiro atoms. The first kappa shape index (κ1) is 18.9. The highest BCUT2D eigenvalue weighted by atomic mass is 16.5.